The van der Waals surface area contributed by atoms with Gasteiger partial charge in [-0.1, -0.05) is 0 Å². The molecule has 0 amide bonds. The van der Waals surface area contributed by atoms with Gasteiger partial charge in [-0.25, -0.2) is 15.0 Å². The fourth-order valence-corrected chi connectivity index (χ4v) is 2.48. The first kappa shape index (κ1) is 15.6. The second kappa shape index (κ2) is 6.52. The highest BCUT2D eigenvalue weighted by Crippen LogP contribution is 2.26. The van der Waals surface area contributed by atoms with Crippen LogP contribution in [-0.4, -0.2) is 24.9 Å². The Labute approximate surface area is 147 Å². The lowest BCUT2D eigenvalue weighted by Gasteiger charge is -2.10. The maximum Gasteiger partial charge on any atom is 0.269 e. The van der Waals surface area contributed by atoms with Crippen LogP contribution in [0.15, 0.2) is 67.1 Å². The van der Waals surface area contributed by atoms with Gasteiger partial charge in [0, 0.05) is 42.0 Å². The molecule has 126 valence electrons. The van der Waals surface area contributed by atoms with Gasteiger partial charge in [0.2, 0.25) is 0 Å². The Morgan fingerprint density at radius 3 is 2.50 bits per heavy atom. The number of anilines is 2. The summed E-state index contributed by atoms with van der Waals surface area (Å²) in [6, 6.07) is 13.5. The van der Waals surface area contributed by atoms with Crippen LogP contribution < -0.4 is 5.32 Å². The van der Waals surface area contributed by atoms with E-state index >= 15 is 0 Å². The standard InChI is InChI=1S/C18H12N6O2/c25-24(26)14-7-5-13(6-8-14)21-18-15-4-2-10-20-17(15)22-16(23-18)12-3-1-9-19-11-12/h1-11H,(H,20,21,22,23). The van der Waals surface area contributed by atoms with Gasteiger partial charge in [0.05, 0.1) is 10.3 Å². The zero-order valence-corrected chi connectivity index (χ0v) is 13.4. The molecule has 1 N–H and O–H groups in total. The monoisotopic (exact) mass is 344 g/mol. The summed E-state index contributed by atoms with van der Waals surface area (Å²) in [5.41, 5.74) is 2.02. The van der Waals surface area contributed by atoms with Crippen LogP contribution in [0.3, 0.4) is 0 Å². The third-order valence-corrected chi connectivity index (χ3v) is 3.73. The van der Waals surface area contributed by atoms with Crippen molar-refractivity contribution in [1.82, 2.24) is 19.9 Å². The number of fused-ring (bicyclic) bond motifs is 1. The normalized spacial score (nSPS) is 10.6. The van der Waals surface area contributed by atoms with Gasteiger partial charge in [0.15, 0.2) is 11.5 Å². The minimum atomic E-state index is -0.436. The van der Waals surface area contributed by atoms with Crippen LogP contribution in [-0.2, 0) is 0 Å². The van der Waals surface area contributed by atoms with E-state index in [2.05, 4.69) is 25.3 Å². The summed E-state index contributed by atoms with van der Waals surface area (Å²) >= 11 is 0. The maximum absolute atomic E-state index is 10.8. The lowest BCUT2D eigenvalue weighted by Crippen LogP contribution is -2.00. The molecule has 0 aliphatic heterocycles. The molecule has 3 aromatic heterocycles. The van der Waals surface area contributed by atoms with Crippen LogP contribution in [0.2, 0.25) is 0 Å². The predicted octanol–water partition coefficient (Wildman–Crippen LogP) is 3.74. The molecule has 4 aromatic rings. The molecule has 0 spiro atoms. The van der Waals surface area contributed by atoms with Crippen LogP contribution in [0.5, 0.6) is 0 Å². The minimum absolute atomic E-state index is 0.0285. The van der Waals surface area contributed by atoms with Gasteiger partial charge < -0.3 is 5.32 Å². The number of non-ortho nitro benzene ring substituents is 1. The Morgan fingerprint density at radius 1 is 0.962 bits per heavy atom. The number of hydrogen-bond donors (Lipinski definition) is 1. The first-order chi connectivity index (χ1) is 12.7. The summed E-state index contributed by atoms with van der Waals surface area (Å²) in [7, 11) is 0. The zero-order valence-electron chi connectivity index (χ0n) is 13.4. The Kier molecular flexibility index (Phi) is 3.91. The molecule has 0 saturated heterocycles. The second-order valence-electron chi connectivity index (χ2n) is 5.44. The highest BCUT2D eigenvalue weighted by molar-refractivity contribution is 5.89. The van der Waals surface area contributed by atoms with Crippen LogP contribution in [0, 0.1) is 10.1 Å². The molecule has 8 heteroatoms. The number of nitrogens with zero attached hydrogens (tertiary/aromatic N) is 5. The van der Waals surface area contributed by atoms with Crippen LogP contribution in [0.1, 0.15) is 0 Å². The van der Waals surface area contributed by atoms with Crippen molar-refractivity contribution < 1.29 is 4.92 Å². The van der Waals surface area contributed by atoms with E-state index in [0.29, 0.717) is 23.0 Å². The molecule has 0 fully saturated rings. The number of pyridine rings is 2. The topological polar surface area (TPSA) is 107 Å². The zero-order chi connectivity index (χ0) is 17.9. The summed E-state index contributed by atoms with van der Waals surface area (Å²) in [4.78, 5) is 27.8. The summed E-state index contributed by atoms with van der Waals surface area (Å²) < 4.78 is 0. The third kappa shape index (κ3) is 3.03. The second-order valence-corrected chi connectivity index (χ2v) is 5.44. The van der Waals surface area contributed by atoms with Gasteiger partial charge in [-0.05, 0) is 36.4 Å². The molecule has 8 nitrogen and oxygen atoms in total. The number of nitro groups is 1. The first-order valence-corrected chi connectivity index (χ1v) is 7.75. The number of nitro benzene ring substituents is 1. The van der Waals surface area contributed by atoms with Crippen molar-refractivity contribution in [2.24, 2.45) is 0 Å². The van der Waals surface area contributed by atoms with Crippen molar-refractivity contribution in [3.63, 3.8) is 0 Å². The molecule has 0 atom stereocenters. The van der Waals surface area contributed by atoms with E-state index in [-0.39, 0.29) is 5.69 Å². The minimum Gasteiger partial charge on any atom is -0.340 e. The van der Waals surface area contributed by atoms with E-state index in [9.17, 15) is 10.1 Å². The Hall–Kier alpha value is -3.94. The van der Waals surface area contributed by atoms with E-state index in [0.717, 1.165) is 10.9 Å². The quantitative estimate of drug-likeness (QED) is 0.444. The molecule has 0 radical (unpaired) electrons. The van der Waals surface area contributed by atoms with Crippen LogP contribution in [0.25, 0.3) is 22.4 Å². The largest absolute Gasteiger partial charge is 0.340 e. The highest BCUT2D eigenvalue weighted by Gasteiger charge is 2.11. The lowest BCUT2D eigenvalue weighted by atomic mass is 10.2. The molecule has 1 aromatic carbocycles. The van der Waals surface area contributed by atoms with Crippen molar-refractivity contribution in [2.45, 2.75) is 0 Å². The molecule has 0 aliphatic carbocycles. The fraction of sp³-hybridized carbons (Fsp3) is 0. The smallest absolute Gasteiger partial charge is 0.269 e. The van der Waals surface area contributed by atoms with Crippen molar-refractivity contribution in [1.29, 1.82) is 0 Å². The maximum atomic E-state index is 10.8. The average molecular weight is 344 g/mol. The number of nitrogens with one attached hydrogen (secondary N) is 1. The number of hydrogen-bond acceptors (Lipinski definition) is 7. The van der Waals surface area contributed by atoms with Crippen molar-refractivity contribution in [3.05, 3.63) is 77.2 Å². The van der Waals surface area contributed by atoms with Crippen LogP contribution >= 0.6 is 0 Å². The van der Waals surface area contributed by atoms with Gasteiger partial charge >= 0.3 is 0 Å². The van der Waals surface area contributed by atoms with Gasteiger partial charge in [0.1, 0.15) is 5.82 Å². The van der Waals surface area contributed by atoms with Crippen molar-refractivity contribution in [2.75, 3.05) is 5.32 Å². The summed E-state index contributed by atoms with van der Waals surface area (Å²) in [6.45, 7) is 0. The van der Waals surface area contributed by atoms with Crippen molar-refractivity contribution >= 4 is 28.2 Å². The third-order valence-electron chi connectivity index (χ3n) is 3.73. The van der Waals surface area contributed by atoms with Gasteiger partial charge in [-0.2, -0.15) is 0 Å². The molecule has 0 unspecified atom stereocenters. The van der Waals surface area contributed by atoms with Crippen molar-refractivity contribution in [3.8, 4) is 11.4 Å². The van der Waals surface area contributed by atoms with E-state index in [1.807, 2.05) is 18.2 Å². The molecule has 4 rings (SSSR count). The molecular weight excluding hydrogens is 332 g/mol. The molecule has 0 saturated carbocycles. The average Bonchev–Trinajstić information content (AvgIpc) is 2.69. The van der Waals surface area contributed by atoms with Gasteiger partial charge in [-0.15, -0.1) is 0 Å². The molecule has 0 bridgehead atoms. The first-order valence-electron chi connectivity index (χ1n) is 7.75. The lowest BCUT2D eigenvalue weighted by molar-refractivity contribution is -0.384. The predicted molar refractivity (Wildman–Crippen MR) is 96.9 cm³/mol. The van der Waals surface area contributed by atoms with E-state index in [1.54, 1.807) is 36.8 Å². The van der Waals surface area contributed by atoms with E-state index < -0.39 is 4.92 Å². The summed E-state index contributed by atoms with van der Waals surface area (Å²) in [5.74, 6) is 1.06. The van der Waals surface area contributed by atoms with Gasteiger partial charge in [0.25, 0.3) is 5.69 Å². The fourth-order valence-electron chi connectivity index (χ4n) is 2.48. The van der Waals surface area contributed by atoms with E-state index in [4.69, 9.17) is 0 Å². The molecule has 26 heavy (non-hydrogen) atoms. The molecule has 0 aliphatic rings. The summed E-state index contributed by atoms with van der Waals surface area (Å²) in [5, 5.41) is 14.7. The number of aromatic nitrogens is 4. The number of rotatable bonds is 4. The van der Waals surface area contributed by atoms with Crippen LogP contribution in [0.4, 0.5) is 17.2 Å². The summed E-state index contributed by atoms with van der Waals surface area (Å²) in [6.07, 6.45) is 5.02. The van der Waals surface area contributed by atoms with Gasteiger partial charge in [-0.3, -0.25) is 15.1 Å². The molecular formula is C18H12N6O2. The Morgan fingerprint density at radius 2 is 1.77 bits per heavy atom. The molecule has 3 heterocycles. The SMILES string of the molecule is O=[N+]([O-])c1ccc(Nc2nc(-c3cccnc3)nc3ncccc23)cc1. The Bertz CT molecular complexity index is 1080. The van der Waals surface area contributed by atoms with E-state index in [1.165, 1.54) is 12.1 Å². The Balaban J connectivity index is 1.79. The highest BCUT2D eigenvalue weighted by atomic mass is 16.6. The number of benzene rings is 1.